The second-order valence-corrected chi connectivity index (χ2v) is 5.98. The molecule has 1 saturated heterocycles. The molecular weight excluding hydrogens is 256 g/mol. The van der Waals surface area contributed by atoms with Crippen molar-refractivity contribution in [3.05, 3.63) is 18.5 Å². The first-order valence-corrected chi connectivity index (χ1v) is 6.80. The summed E-state index contributed by atoms with van der Waals surface area (Å²) < 4.78 is 0. The highest BCUT2D eigenvalue weighted by Crippen LogP contribution is 2.23. The number of pyridine rings is 1. The van der Waals surface area contributed by atoms with Gasteiger partial charge in [-0.15, -0.1) is 5.06 Å². The number of nitrogens with two attached hydrogens (primary N) is 1. The average Bonchev–Trinajstić information content (AvgIpc) is 2.39. The second-order valence-electron chi connectivity index (χ2n) is 5.98. The van der Waals surface area contributed by atoms with E-state index in [1.807, 2.05) is 26.8 Å². The molecule has 1 aromatic heterocycles. The number of piperazine rings is 1. The average molecular weight is 278 g/mol. The lowest BCUT2D eigenvalue weighted by Gasteiger charge is -2.36. The van der Waals surface area contributed by atoms with Crippen molar-refractivity contribution < 1.29 is 9.63 Å². The van der Waals surface area contributed by atoms with Gasteiger partial charge in [0.25, 0.3) is 0 Å². The van der Waals surface area contributed by atoms with Crippen LogP contribution in [0.25, 0.3) is 0 Å². The van der Waals surface area contributed by atoms with Gasteiger partial charge in [0, 0.05) is 19.3 Å². The van der Waals surface area contributed by atoms with Gasteiger partial charge in [-0.25, -0.2) is 4.79 Å². The van der Waals surface area contributed by atoms with Crippen LogP contribution in [0.3, 0.4) is 0 Å². The van der Waals surface area contributed by atoms with Gasteiger partial charge in [-0.05, 0) is 26.8 Å². The van der Waals surface area contributed by atoms with Crippen LogP contribution >= 0.6 is 0 Å². The number of nitrogen functional groups attached to an aromatic ring is 1. The van der Waals surface area contributed by atoms with Crippen molar-refractivity contribution in [2.24, 2.45) is 5.41 Å². The van der Waals surface area contributed by atoms with E-state index in [-0.39, 0.29) is 5.97 Å². The topological polar surface area (TPSA) is 71.7 Å². The molecule has 0 unspecified atom stereocenters. The number of hydroxylamine groups is 2. The van der Waals surface area contributed by atoms with Crippen molar-refractivity contribution in [1.82, 2.24) is 10.0 Å². The highest BCUT2D eigenvalue weighted by atomic mass is 16.7. The lowest BCUT2D eigenvalue weighted by Crippen LogP contribution is -2.48. The number of rotatable bonds is 2. The van der Waals surface area contributed by atoms with Gasteiger partial charge >= 0.3 is 5.97 Å². The van der Waals surface area contributed by atoms with Crippen molar-refractivity contribution in [3.8, 4) is 0 Å². The fourth-order valence-electron chi connectivity index (χ4n) is 1.96. The molecule has 2 N–H and O–H groups in total. The fourth-order valence-corrected chi connectivity index (χ4v) is 1.96. The molecule has 2 heterocycles. The summed E-state index contributed by atoms with van der Waals surface area (Å²) in [4.78, 5) is 23.4. The van der Waals surface area contributed by atoms with Gasteiger partial charge < -0.3 is 15.5 Å². The van der Waals surface area contributed by atoms with Crippen molar-refractivity contribution in [3.63, 3.8) is 0 Å². The van der Waals surface area contributed by atoms with Crippen molar-refractivity contribution >= 4 is 17.3 Å². The third kappa shape index (κ3) is 3.39. The molecule has 6 heteroatoms. The molecule has 0 saturated carbocycles. The van der Waals surface area contributed by atoms with E-state index in [0.717, 1.165) is 18.8 Å². The Morgan fingerprint density at radius 1 is 1.30 bits per heavy atom. The fraction of sp³-hybridized carbons (Fsp3) is 0.571. The van der Waals surface area contributed by atoms with E-state index in [4.69, 9.17) is 10.6 Å². The first-order valence-electron chi connectivity index (χ1n) is 6.80. The minimum absolute atomic E-state index is 0.200. The van der Waals surface area contributed by atoms with Gasteiger partial charge in [0.15, 0.2) is 0 Å². The number of nitrogens with zero attached hydrogens (tertiary/aromatic N) is 3. The van der Waals surface area contributed by atoms with Gasteiger partial charge in [-0.3, -0.25) is 4.98 Å². The molecule has 0 aromatic carbocycles. The zero-order chi connectivity index (χ0) is 14.8. The van der Waals surface area contributed by atoms with Gasteiger partial charge in [-0.2, -0.15) is 0 Å². The third-order valence-electron chi connectivity index (χ3n) is 3.23. The van der Waals surface area contributed by atoms with Crippen LogP contribution in [0.2, 0.25) is 0 Å². The predicted octanol–water partition coefficient (Wildman–Crippen LogP) is 1.29. The Morgan fingerprint density at radius 3 is 2.50 bits per heavy atom. The van der Waals surface area contributed by atoms with E-state index in [9.17, 15) is 4.79 Å². The molecule has 6 nitrogen and oxygen atoms in total. The minimum atomic E-state index is -0.480. The molecule has 20 heavy (non-hydrogen) atoms. The highest BCUT2D eigenvalue weighted by Gasteiger charge is 2.28. The normalized spacial score (nSPS) is 17.1. The maximum absolute atomic E-state index is 11.8. The quantitative estimate of drug-likeness (QED) is 0.879. The summed E-state index contributed by atoms with van der Waals surface area (Å²) >= 11 is 0. The monoisotopic (exact) mass is 278 g/mol. The number of aromatic nitrogens is 1. The molecule has 1 aliphatic rings. The minimum Gasteiger partial charge on any atom is -0.396 e. The summed E-state index contributed by atoms with van der Waals surface area (Å²) in [6, 6.07) is 1.91. The van der Waals surface area contributed by atoms with Crippen LogP contribution < -0.4 is 10.6 Å². The zero-order valence-corrected chi connectivity index (χ0v) is 12.3. The van der Waals surface area contributed by atoms with E-state index in [1.54, 1.807) is 17.5 Å². The summed E-state index contributed by atoms with van der Waals surface area (Å²) in [6.45, 7) is 8.43. The van der Waals surface area contributed by atoms with E-state index in [1.165, 1.54) is 0 Å². The number of carbonyl (C=O) groups is 1. The molecule has 2 rings (SSSR count). The standard InChI is InChI=1S/C14H22N4O2/c1-14(2,3)13(19)20-18-8-6-17(7-9-18)12-4-5-16-10-11(12)15/h4-5,10H,6-9,15H2,1-3H3. The lowest BCUT2D eigenvalue weighted by molar-refractivity contribution is -0.201. The van der Waals surface area contributed by atoms with Gasteiger partial charge in [-0.1, -0.05) is 0 Å². The van der Waals surface area contributed by atoms with Crippen molar-refractivity contribution in [2.75, 3.05) is 36.8 Å². The largest absolute Gasteiger partial charge is 0.396 e. The summed E-state index contributed by atoms with van der Waals surface area (Å²) in [5.41, 5.74) is 7.10. The Morgan fingerprint density at radius 2 is 1.95 bits per heavy atom. The van der Waals surface area contributed by atoms with Crippen LogP contribution in [-0.2, 0) is 9.63 Å². The number of carbonyl (C=O) groups excluding carboxylic acids is 1. The van der Waals surface area contributed by atoms with E-state index < -0.39 is 5.41 Å². The summed E-state index contributed by atoms with van der Waals surface area (Å²) in [6.07, 6.45) is 3.39. The van der Waals surface area contributed by atoms with Crippen LogP contribution in [0, 0.1) is 5.41 Å². The van der Waals surface area contributed by atoms with Gasteiger partial charge in [0.1, 0.15) is 0 Å². The Kier molecular flexibility index (Phi) is 4.13. The van der Waals surface area contributed by atoms with Crippen LogP contribution in [0.4, 0.5) is 11.4 Å². The second kappa shape index (κ2) is 5.66. The van der Waals surface area contributed by atoms with Crippen LogP contribution in [0.15, 0.2) is 18.5 Å². The summed E-state index contributed by atoms with van der Waals surface area (Å²) in [7, 11) is 0. The first-order chi connectivity index (χ1) is 9.38. The molecule has 110 valence electrons. The number of anilines is 2. The molecule has 0 spiro atoms. The van der Waals surface area contributed by atoms with E-state index in [0.29, 0.717) is 18.8 Å². The predicted molar refractivity (Wildman–Crippen MR) is 78.0 cm³/mol. The Labute approximate surface area is 119 Å². The Bertz CT molecular complexity index is 476. The van der Waals surface area contributed by atoms with Crippen molar-refractivity contribution in [2.45, 2.75) is 20.8 Å². The maximum Gasteiger partial charge on any atom is 0.330 e. The lowest BCUT2D eigenvalue weighted by atomic mass is 9.98. The van der Waals surface area contributed by atoms with E-state index in [2.05, 4.69) is 9.88 Å². The summed E-state index contributed by atoms with van der Waals surface area (Å²) in [5, 5.41) is 1.72. The van der Waals surface area contributed by atoms with Crippen LogP contribution in [0.1, 0.15) is 20.8 Å². The smallest absolute Gasteiger partial charge is 0.330 e. The first kappa shape index (κ1) is 14.6. The van der Waals surface area contributed by atoms with Crippen LogP contribution in [-0.4, -0.2) is 42.2 Å². The molecule has 1 aromatic rings. The molecular formula is C14H22N4O2. The van der Waals surface area contributed by atoms with Crippen LogP contribution in [0.5, 0.6) is 0 Å². The molecule has 0 bridgehead atoms. The number of hydrogen-bond acceptors (Lipinski definition) is 6. The molecule has 0 atom stereocenters. The van der Waals surface area contributed by atoms with Crippen molar-refractivity contribution in [1.29, 1.82) is 0 Å². The SMILES string of the molecule is CC(C)(C)C(=O)ON1CCN(c2ccncc2N)CC1. The zero-order valence-electron chi connectivity index (χ0n) is 12.3. The molecule has 0 amide bonds. The summed E-state index contributed by atoms with van der Waals surface area (Å²) in [5.74, 6) is -0.200. The molecule has 1 fully saturated rings. The van der Waals surface area contributed by atoms with E-state index >= 15 is 0 Å². The van der Waals surface area contributed by atoms with Gasteiger partial charge in [0.05, 0.1) is 36.1 Å². The Balaban J connectivity index is 1.90. The molecule has 1 aliphatic heterocycles. The Hall–Kier alpha value is -1.82. The highest BCUT2D eigenvalue weighted by molar-refractivity contribution is 5.75. The molecule has 0 radical (unpaired) electrons. The van der Waals surface area contributed by atoms with Gasteiger partial charge in [0.2, 0.25) is 0 Å². The number of hydrogen-bond donors (Lipinski definition) is 1. The maximum atomic E-state index is 11.8. The molecule has 0 aliphatic carbocycles. The third-order valence-corrected chi connectivity index (χ3v) is 3.23.